The Balaban J connectivity index is 2.34. The summed E-state index contributed by atoms with van der Waals surface area (Å²) in [5, 5.41) is 10.0. The van der Waals surface area contributed by atoms with Crippen LogP contribution in [-0.4, -0.2) is 32.2 Å². The van der Waals surface area contributed by atoms with Gasteiger partial charge in [-0.25, -0.2) is 0 Å². The second kappa shape index (κ2) is 6.19. The minimum Gasteiger partial charge on any atom is -0.480 e. The topological polar surface area (TPSA) is 96.6 Å². The normalized spacial score (nSPS) is 13.9. The second-order valence-corrected chi connectivity index (χ2v) is 5.12. The Kier molecular flexibility index (Phi) is 4.89. The van der Waals surface area contributed by atoms with Crippen molar-refractivity contribution in [1.82, 2.24) is 5.32 Å². The van der Waals surface area contributed by atoms with Crippen LogP contribution in [0.3, 0.4) is 0 Å². The van der Waals surface area contributed by atoms with E-state index in [1.807, 2.05) is 0 Å². The lowest BCUT2D eigenvalue weighted by atomic mass is 10.4. The largest absolute Gasteiger partial charge is 0.480 e. The molecule has 2 unspecified atom stereocenters. The molecule has 2 N–H and O–H groups in total. The molecule has 0 aliphatic rings. The van der Waals surface area contributed by atoms with Crippen molar-refractivity contribution in [2.45, 2.75) is 18.7 Å². The molecule has 0 aromatic carbocycles. The highest BCUT2D eigenvalue weighted by Gasteiger charge is 2.21. The lowest BCUT2D eigenvalue weighted by Crippen LogP contribution is -2.33. The van der Waals surface area contributed by atoms with Crippen LogP contribution in [0, 0.1) is 0 Å². The number of aliphatic carboxylic acids is 1. The number of amides is 1. The summed E-state index contributed by atoms with van der Waals surface area (Å²) in [6, 6.07) is 3.38. The first kappa shape index (κ1) is 13.4. The zero-order chi connectivity index (χ0) is 12.8. The van der Waals surface area contributed by atoms with E-state index in [2.05, 4.69) is 5.32 Å². The molecule has 0 saturated heterocycles. The summed E-state index contributed by atoms with van der Waals surface area (Å²) in [4.78, 5) is 21.9. The molecule has 0 spiro atoms. The van der Waals surface area contributed by atoms with Gasteiger partial charge in [-0.15, -0.1) is 0 Å². The first-order valence-corrected chi connectivity index (χ1v) is 6.28. The third kappa shape index (κ3) is 4.39. The van der Waals surface area contributed by atoms with E-state index < -0.39 is 27.9 Å². The average molecular weight is 259 g/mol. The second-order valence-electron chi connectivity index (χ2n) is 3.36. The molecule has 1 rings (SSSR count). The van der Waals surface area contributed by atoms with Crippen LogP contribution in [0.5, 0.6) is 0 Å². The molecule has 0 aliphatic heterocycles. The van der Waals surface area contributed by atoms with Crippen molar-refractivity contribution in [2.75, 3.05) is 5.75 Å². The summed E-state index contributed by atoms with van der Waals surface area (Å²) >= 11 is 0. The van der Waals surface area contributed by atoms with E-state index in [0.29, 0.717) is 5.76 Å². The maximum absolute atomic E-state index is 11.4. The van der Waals surface area contributed by atoms with Gasteiger partial charge in [-0.3, -0.25) is 13.8 Å². The Labute approximate surface area is 100 Å². The fourth-order valence-electron chi connectivity index (χ4n) is 1.02. The number of carbonyl (C=O) groups is 2. The SMILES string of the molecule is CC(C(=O)O)S(=O)CC(=O)NCc1ccco1. The Bertz CT molecular complexity index is 414. The zero-order valence-electron chi connectivity index (χ0n) is 9.21. The highest BCUT2D eigenvalue weighted by Crippen LogP contribution is 1.99. The van der Waals surface area contributed by atoms with Gasteiger partial charge in [0.05, 0.1) is 12.8 Å². The fourth-order valence-corrected chi connectivity index (χ4v) is 1.85. The molecular formula is C10H13NO5S. The van der Waals surface area contributed by atoms with Gasteiger partial charge in [0.15, 0.2) is 0 Å². The predicted molar refractivity (Wildman–Crippen MR) is 60.7 cm³/mol. The van der Waals surface area contributed by atoms with E-state index in [1.54, 1.807) is 12.1 Å². The number of carboxylic acids is 1. The molecular weight excluding hydrogens is 246 g/mol. The van der Waals surface area contributed by atoms with Gasteiger partial charge >= 0.3 is 5.97 Å². The van der Waals surface area contributed by atoms with Gasteiger partial charge in [-0.05, 0) is 19.1 Å². The molecule has 0 saturated carbocycles. The summed E-state index contributed by atoms with van der Waals surface area (Å²) < 4.78 is 16.4. The summed E-state index contributed by atoms with van der Waals surface area (Å²) in [6.07, 6.45) is 1.48. The lowest BCUT2D eigenvalue weighted by molar-refractivity contribution is -0.136. The molecule has 1 amide bonds. The van der Waals surface area contributed by atoms with Gasteiger partial charge in [0.25, 0.3) is 0 Å². The number of nitrogens with one attached hydrogen (secondary N) is 1. The predicted octanol–water partition coefficient (Wildman–Crippen LogP) is 0.118. The van der Waals surface area contributed by atoms with Crippen LogP contribution < -0.4 is 5.32 Å². The summed E-state index contributed by atoms with van der Waals surface area (Å²) in [6.45, 7) is 1.50. The minimum absolute atomic E-state index is 0.199. The Morgan fingerprint density at radius 2 is 2.29 bits per heavy atom. The maximum Gasteiger partial charge on any atom is 0.318 e. The molecule has 6 nitrogen and oxygen atoms in total. The van der Waals surface area contributed by atoms with Gasteiger partial charge in [-0.2, -0.15) is 0 Å². The van der Waals surface area contributed by atoms with E-state index in [-0.39, 0.29) is 12.3 Å². The molecule has 1 aromatic heterocycles. The lowest BCUT2D eigenvalue weighted by Gasteiger charge is -2.06. The fraction of sp³-hybridized carbons (Fsp3) is 0.400. The van der Waals surface area contributed by atoms with Crippen LogP contribution in [0.25, 0.3) is 0 Å². The number of hydrogen-bond acceptors (Lipinski definition) is 4. The molecule has 0 bridgehead atoms. The molecule has 17 heavy (non-hydrogen) atoms. The standard InChI is InChI=1S/C10H13NO5S/c1-7(10(13)14)17(15)6-9(12)11-5-8-3-2-4-16-8/h2-4,7H,5-6H2,1H3,(H,11,12)(H,13,14). The quantitative estimate of drug-likeness (QED) is 0.756. The molecule has 1 heterocycles. The number of furan rings is 1. The zero-order valence-corrected chi connectivity index (χ0v) is 10.0. The average Bonchev–Trinajstić information content (AvgIpc) is 2.77. The van der Waals surface area contributed by atoms with Crippen molar-refractivity contribution in [3.05, 3.63) is 24.2 Å². The molecule has 0 aliphatic carbocycles. The molecule has 0 fully saturated rings. The third-order valence-electron chi connectivity index (χ3n) is 2.06. The monoisotopic (exact) mass is 259 g/mol. The van der Waals surface area contributed by atoms with E-state index in [4.69, 9.17) is 9.52 Å². The Morgan fingerprint density at radius 3 is 2.82 bits per heavy atom. The number of rotatable bonds is 6. The first-order chi connectivity index (χ1) is 8.00. The van der Waals surface area contributed by atoms with Crippen molar-refractivity contribution >= 4 is 22.7 Å². The minimum atomic E-state index is -1.72. The van der Waals surface area contributed by atoms with E-state index in [9.17, 15) is 13.8 Å². The molecule has 0 radical (unpaired) electrons. The van der Waals surface area contributed by atoms with Crippen LogP contribution in [0.4, 0.5) is 0 Å². The number of hydrogen-bond donors (Lipinski definition) is 2. The van der Waals surface area contributed by atoms with Crippen molar-refractivity contribution in [3.63, 3.8) is 0 Å². The third-order valence-corrected chi connectivity index (χ3v) is 3.59. The van der Waals surface area contributed by atoms with Crippen LogP contribution >= 0.6 is 0 Å². The molecule has 1 aromatic rings. The highest BCUT2D eigenvalue weighted by atomic mass is 32.2. The van der Waals surface area contributed by atoms with Gasteiger partial charge in [-0.1, -0.05) is 0 Å². The van der Waals surface area contributed by atoms with Crippen LogP contribution in [0.1, 0.15) is 12.7 Å². The molecule has 2 atom stereocenters. The van der Waals surface area contributed by atoms with Crippen molar-refractivity contribution < 1.29 is 23.3 Å². The molecule has 94 valence electrons. The number of carbonyl (C=O) groups excluding carboxylic acids is 1. The Morgan fingerprint density at radius 1 is 1.59 bits per heavy atom. The van der Waals surface area contributed by atoms with Crippen molar-refractivity contribution in [1.29, 1.82) is 0 Å². The van der Waals surface area contributed by atoms with E-state index >= 15 is 0 Å². The smallest absolute Gasteiger partial charge is 0.318 e. The van der Waals surface area contributed by atoms with Crippen molar-refractivity contribution in [2.24, 2.45) is 0 Å². The molecule has 7 heteroatoms. The van der Waals surface area contributed by atoms with Crippen LogP contribution in [0.15, 0.2) is 22.8 Å². The number of carboxylic acid groups (broad SMARTS) is 1. The van der Waals surface area contributed by atoms with Crippen molar-refractivity contribution in [3.8, 4) is 0 Å². The summed E-state index contributed by atoms with van der Waals surface area (Å²) in [7, 11) is -1.72. The highest BCUT2D eigenvalue weighted by molar-refractivity contribution is 7.87. The van der Waals surface area contributed by atoms with Crippen LogP contribution in [0.2, 0.25) is 0 Å². The van der Waals surface area contributed by atoms with E-state index in [0.717, 1.165) is 0 Å². The van der Waals surface area contributed by atoms with E-state index in [1.165, 1.54) is 13.2 Å². The Hall–Kier alpha value is -1.63. The van der Waals surface area contributed by atoms with Gasteiger partial charge in [0.1, 0.15) is 16.8 Å². The van der Waals surface area contributed by atoms with Gasteiger partial charge < -0.3 is 14.8 Å². The first-order valence-electron chi connectivity index (χ1n) is 4.89. The van der Waals surface area contributed by atoms with Crippen LogP contribution in [-0.2, 0) is 26.9 Å². The summed E-state index contributed by atoms with van der Waals surface area (Å²) in [5.41, 5.74) is 0. The van der Waals surface area contributed by atoms with Gasteiger partial charge in [0.2, 0.25) is 5.91 Å². The van der Waals surface area contributed by atoms with Gasteiger partial charge in [0, 0.05) is 10.8 Å². The summed E-state index contributed by atoms with van der Waals surface area (Å²) in [5.74, 6) is -1.39. The maximum atomic E-state index is 11.4.